The number of nitrogens with zero attached hydrogens (tertiary/aromatic N) is 3. The second-order valence-electron chi connectivity index (χ2n) is 4.56. The van der Waals surface area contributed by atoms with E-state index in [-0.39, 0.29) is 12.3 Å². The highest BCUT2D eigenvalue weighted by Gasteiger charge is 2.13. The third kappa shape index (κ3) is 4.00. The Bertz CT molecular complexity index is 641. The van der Waals surface area contributed by atoms with E-state index >= 15 is 0 Å². The van der Waals surface area contributed by atoms with E-state index in [0.29, 0.717) is 23.6 Å². The van der Waals surface area contributed by atoms with E-state index in [1.54, 1.807) is 12.1 Å². The molecule has 118 valence electrons. The van der Waals surface area contributed by atoms with Crippen molar-refractivity contribution < 1.29 is 23.4 Å². The number of hydrogen-bond donors (Lipinski definition) is 1. The highest BCUT2D eigenvalue weighted by Crippen LogP contribution is 2.21. The van der Waals surface area contributed by atoms with Crippen LogP contribution in [0, 0.1) is 0 Å². The summed E-state index contributed by atoms with van der Waals surface area (Å²) in [6.07, 6.45) is 1.41. The highest BCUT2D eigenvalue weighted by molar-refractivity contribution is 5.66. The number of carboxylic acids is 1. The second-order valence-corrected chi connectivity index (χ2v) is 4.56. The van der Waals surface area contributed by atoms with Gasteiger partial charge in [0, 0.05) is 12.0 Å². The lowest BCUT2D eigenvalue weighted by Crippen LogP contribution is -2.13. The van der Waals surface area contributed by atoms with E-state index in [2.05, 4.69) is 14.8 Å². The van der Waals surface area contributed by atoms with Crippen LogP contribution in [0.3, 0.4) is 0 Å². The second kappa shape index (κ2) is 6.97. The summed E-state index contributed by atoms with van der Waals surface area (Å²) in [6.45, 7) is -1.19. The van der Waals surface area contributed by atoms with Crippen molar-refractivity contribution >= 4 is 5.97 Å². The van der Waals surface area contributed by atoms with Crippen molar-refractivity contribution in [3.05, 3.63) is 30.1 Å². The number of halogens is 2. The first-order valence-electron chi connectivity index (χ1n) is 6.70. The van der Waals surface area contributed by atoms with Gasteiger partial charge >= 0.3 is 12.6 Å². The van der Waals surface area contributed by atoms with Crippen molar-refractivity contribution in [2.45, 2.75) is 32.9 Å². The highest BCUT2D eigenvalue weighted by atomic mass is 19.3. The predicted molar refractivity (Wildman–Crippen MR) is 73.7 cm³/mol. The Labute approximate surface area is 125 Å². The molecule has 8 heteroatoms. The fourth-order valence-corrected chi connectivity index (χ4v) is 1.95. The normalized spacial score (nSPS) is 10.9. The first-order chi connectivity index (χ1) is 10.5. The molecular formula is C14H15F2N3O3. The number of carbonyl (C=O) groups is 1. The minimum absolute atomic E-state index is 0.0394. The van der Waals surface area contributed by atoms with Gasteiger partial charge in [-0.3, -0.25) is 4.79 Å². The fraction of sp³-hybridized carbons (Fsp3) is 0.357. The topological polar surface area (TPSA) is 77.2 Å². The molecule has 1 aromatic heterocycles. The predicted octanol–water partition coefficient (Wildman–Crippen LogP) is 2.58. The number of aliphatic carboxylic acids is 1. The van der Waals surface area contributed by atoms with Gasteiger partial charge in [-0.25, -0.2) is 9.67 Å². The van der Waals surface area contributed by atoms with Gasteiger partial charge in [0.05, 0.1) is 0 Å². The van der Waals surface area contributed by atoms with E-state index in [9.17, 15) is 13.6 Å². The van der Waals surface area contributed by atoms with Crippen molar-refractivity contribution in [3.8, 4) is 17.1 Å². The minimum atomic E-state index is -2.88. The summed E-state index contributed by atoms with van der Waals surface area (Å²) in [5.41, 5.74) is 0.600. The van der Waals surface area contributed by atoms with Crippen LogP contribution in [-0.4, -0.2) is 32.5 Å². The van der Waals surface area contributed by atoms with Gasteiger partial charge in [-0.15, -0.1) is 0 Å². The molecule has 0 saturated heterocycles. The number of aromatic nitrogens is 3. The average molecular weight is 311 g/mol. The standard InChI is InChI=1S/C14H15F2N3O3/c1-2-3-11-17-13(18-19(11)8-12(20)21)9-4-6-10(7-5-9)22-14(15)16/h4-7,14H,2-3,8H2,1H3,(H,20,21). The van der Waals surface area contributed by atoms with Crippen LogP contribution in [0.1, 0.15) is 19.2 Å². The molecule has 0 fully saturated rings. The number of carboxylic acid groups (broad SMARTS) is 1. The molecule has 0 amide bonds. The third-order valence-electron chi connectivity index (χ3n) is 2.84. The van der Waals surface area contributed by atoms with Crippen LogP contribution in [0.15, 0.2) is 24.3 Å². The molecular weight excluding hydrogens is 296 g/mol. The average Bonchev–Trinajstić information content (AvgIpc) is 2.82. The molecule has 0 aliphatic heterocycles. The van der Waals surface area contributed by atoms with Crippen LogP contribution < -0.4 is 4.74 Å². The Hall–Kier alpha value is -2.51. The lowest BCUT2D eigenvalue weighted by Gasteiger charge is -2.03. The van der Waals surface area contributed by atoms with Crippen molar-refractivity contribution in [2.24, 2.45) is 0 Å². The van der Waals surface area contributed by atoms with E-state index in [0.717, 1.165) is 6.42 Å². The smallest absolute Gasteiger partial charge is 0.387 e. The Morgan fingerprint density at radius 1 is 1.36 bits per heavy atom. The molecule has 0 radical (unpaired) electrons. The summed E-state index contributed by atoms with van der Waals surface area (Å²) in [5, 5.41) is 13.0. The molecule has 0 aliphatic carbocycles. The molecule has 1 heterocycles. The molecule has 1 N–H and O–H groups in total. The van der Waals surface area contributed by atoms with Gasteiger partial charge in [-0.1, -0.05) is 6.92 Å². The Morgan fingerprint density at radius 3 is 2.59 bits per heavy atom. The van der Waals surface area contributed by atoms with Crippen LogP contribution in [0.25, 0.3) is 11.4 Å². The molecule has 2 aromatic rings. The van der Waals surface area contributed by atoms with Crippen molar-refractivity contribution in [1.29, 1.82) is 0 Å². The molecule has 0 aliphatic rings. The molecule has 6 nitrogen and oxygen atoms in total. The maximum atomic E-state index is 12.1. The maximum Gasteiger partial charge on any atom is 0.387 e. The van der Waals surface area contributed by atoms with Gasteiger partial charge in [0.15, 0.2) is 5.82 Å². The lowest BCUT2D eigenvalue weighted by atomic mass is 10.2. The van der Waals surface area contributed by atoms with E-state index < -0.39 is 12.6 Å². The first kappa shape index (κ1) is 15.9. The summed E-state index contributed by atoms with van der Waals surface area (Å²) in [4.78, 5) is 15.2. The van der Waals surface area contributed by atoms with E-state index in [1.807, 2.05) is 6.92 Å². The summed E-state index contributed by atoms with van der Waals surface area (Å²) >= 11 is 0. The Balaban J connectivity index is 2.25. The summed E-state index contributed by atoms with van der Waals surface area (Å²) < 4.78 is 29.8. The number of aryl methyl sites for hydroxylation is 1. The van der Waals surface area contributed by atoms with Crippen molar-refractivity contribution in [1.82, 2.24) is 14.8 Å². The van der Waals surface area contributed by atoms with Crippen LogP contribution >= 0.6 is 0 Å². The van der Waals surface area contributed by atoms with Crippen LogP contribution in [0.5, 0.6) is 5.75 Å². The minimum Gasteiger partial charge on any atom is -0.480 e. The molecule has 0 unspecified atom stereocenters. The van der Waals surface area contributed by atoms with Gasteiger partial charge in [-0.05, 0) is 30.7 Å². The molecule has 2 rings (SSSR count). The van der Waals surface area contributed by atoms with Crippen LogP contribution in [0.2, 0.25) is 0 Å². The Morgan fingerprint density at radius 2 is 2.05 bits per heavy atom. The number of benzene rings is 1. The third-order valence-corrected chi connectivity index (χ3v) is 2.84. The van der Waals surface area contributed by atoms with E-state index in [4.69, 9.17) is 5.11 Å². The summed E-state index contributed by atoms with van der Waals surface area (Å²) in [7, 11) is 0. The lowest BCUT2D eigenvalue weighted by molar-refractivity contribution is -0.137. The SMILES string of the molecule is CCCc1nc(-c2ccc(OC(F)F)cc2)nn1CC(=O)O. The van der Waals surface area contributed by atoms with Gasteiger partial charge < -0.3 is 9.84 Å². The molecule has 0 saturated carbocycles. The van der Waals surface area contributed by atoms with Crippen LogP contribution in [-0.2, 0) is 17.8 Å². The number of alkyl halides is 2. The largest absolute Gasteiger partial charge is 0.480 e. The van der Waals surface area contributed by atoms with Gasteiger partial charge in [-0.2, -0.15) is 13.9 Å². The van der Waals surface area contributed by atoms with Crippen molar-refractivity contribution in [2.75, 3.05) is 0 Å². The molecule has 1 aromatic carbocycles. The van der Waals surface area contributed by atoms with Crippen molar-refractivity contribution in [3.63, 3.8) is 0 Å². The molecule has 22 heavy (non-hydrogen) atoms. The first-order valence-corrected chi connectivity index (χ1v) is 6.70. The van der Waals surface area contributed by atoms with Gasteiger partial charge in [0.25, 0.3) is 0 Å². The zero-order valence-corrected chi connectivity index (χ0v) is 11.9. The Kier molecular flexibility index (Phi) is 5.03. The zero-order valence-electron chi connectivity index (χ0n) is 11.9. The van der Waals surface area contributed by atoms with Crippen LogP contribution in [0.4, 0.5) is 8.78 Å². The van der Waals surface area contributed by atoms with E-state index in [1.165, 1.54) is 16.8 Å². The monoisotopic (exact) mass is 311 g/mol. The molecule has 0 bridgehead atoms. The quantitative estimate of drug-likeness (QED) is 0.850. The van der Waals surface area contributed by atoms with Gasteiger partial charge in [0.2, 0.25) is 0 Å². The molecule has 0 spiro atoms. The fourth-order valence-electron chi connectivity index (χ4n) is 1.95. The molecule has 0 atom stereocenters. The number of rotatable bonds is 7. The number of ether oxygens (including phenoxy) is 1. The zero-order chi connectivity index (χ0) is 16.1. The maximum absolute atomic E-state index is 12.1. The number of hydrogen-bond acceptors (Lipinski definition) is 4. The summed E-state index contributed by atoms with van der Waals surface area (Å²) in [6, 6.07) is 5.87. The van der Waals surface area contributed by atoms with Gasteiger partial charge in [0.1, 0.15) is 18.1 Å². The summed E-state index contributed by atoms with van der Waals surface area (Å²) in [5.74, 6) is -0.0342.